The van der Waals surface area contributed by atoms with Gasteiger partial charge in [0, 0.05) is 11.1 Å². The topological polar surface area (TPSA) is 74.8 Å². The number of ether oxygens (including phenoxy) is 5. The molecule has 1 heterocycles. The van der Waals surface area contributed by atoms with Gasteiger partial charge in [-0.05, 0) is 104 Å². The predicted molar refractivity (Wildman–Crippen MR) is 310 cm³/mol. The van der Waals surface area contributed by atoms with E-state index < -0.39 is 0 Å². The molecule has 0 aliphatic rings. The third kappa shape index (κ3) is 28.4. The highest BCUT2D eigenvalue weighted by Gasteiger charge is 2.21. The van der Waals surface area contributed by atoms with E-state index >= 15 is 0 Å². The molecule has 1 aromatic heterocycles. The van der Waals surface area contributed by atoms with Gasteiger partial charge in [0.2, 0.25) is 5.75 Å². The highest BCUT2D eigenvalue weighted by Crippen LogP contribution is 2.43. The van der Waals surface area contributed by atoms with E-state index in [0.29, 0.717) is 50.8 Å². The van der Waals surface area contributed by atoms with Crippen molar-refractivity contribution in [1.29, 1.82) is 0 Å². The smallest absolute Gasteiger partial charge is 0.203 e. The van der Waals surface area contributed by atoms with E-state index in [9.17, 15) is 0 Å². The summed E-state index contributed by atoms with van der Waals surface area (Å²) in [5.74, 6) is 7.82. The first-order chi connectivity index (χ1) is 34.9. The zero-order valence-electron chi connectivity index (χ0n) is 48.8. The molecule has 0 saturated heterocycles. The van der Waals surface area contributed by atoms with Crippen LogP contribution in [-0.4, -0.2) is 43.2 Å². The quantitative estimate of drug-likeness (QED) is 0.0569. The number of aromatic amines is 1. The van der Waals surface area contributed by atoms with Gasteiger partial charge in [0.15, 0.2) is 23.0 Å². The van der Waals surface area contributed by atoms with Crippen molar-refractivity contribution in [2.24, 2.45) is 35.5 Å². The molecule has 7 nitrogen and oxygen atoms in total. The summed E-state index contributed by atoms with van der Waals surface area (Å²) in [6, 6.07) is 12.8. The first-order valence-electron chi connectivity index (χ1n) is 30.4. The molecule has 0 saturated carbocycles. The lowest BCUT2D eigenvalue weighted by Crippen LogP contribution is -2.10. The van der Waals surface area contributed by atoms with Crippen LogP contribution in [0.2, 0.25) is 0 Å². The Balaban J connectivity index is 1.91. The molecular weight excluding hydrogens is 889 g/mol. The van der Waals surface area contributed by atoms with E-state index in [1.54, 1.807) is 0 Å². The lowest BCUT2D eigenvalue weighted by atomic mass is 9.97. The number of nitrogens with one attached hydrogen (secondary N) is 1. The van der Waals surface area contributed by atoms with Crippen molar-refractivity contribution >= 4 is 0 Å². The molecule has 7 heteroatoms. The van der Waals surface area contributed by atoms with Crippen LogP contribution < -0.4 is 23.7 Å². The fourth-order valence-electron chi connectivity index (χ4n) is 9.60. The van der Waals surface area contributed by atoms with Crippen LogP contribution in [0.3, 0.4) is 0 Å². The predicted octanol–water partition coefficient (Wildman–Crippen LogP) is 20.5. The highest BCUT2D eigenvalue weighted by molar-refractivity contribution is 5.73. The van der Waals surface area contributed by atoms with Crippen LogP contribution in [0.1, 0.15) is 256 Å². The van der Waals surface area contributed by atoms with E-state index in [-0.39, 0.29) is 0 Å². The largest absolute Gasteiger partial charge is 0.490 e. The summed E-state index contributed by atoms with van der Waals surface area (Å²) >= 11 is 0. The van der Waals surface area contributed by atoms with Gasteiger partial charge in [-0.2, -0.15) is 5.10 Å². The van der Waals surface area contributed by atoms with Gasteiger partial charge < -0.3 is 23.7 Å². The zero-order valence-corrected chi connectivity index (χ0v) is 48.8. The second kappa shape index (κ2) is 39.1. The average Bonchev–Trinajstić information content (AvgIpc) is 3.84. The number of rotatable bonds is 46. The summed E-state index contributed by atoms with van der Waals surface area (Å²) in [7, 11) is 0. The normalized spacial score (nSPS) is 13.0. The molecule has 0 amide bonds. The van der Waals surface area contributed by atoms with Gasteiger partial charge in [-0.15, -0.1) is 0 Å². The van der Waals surface area contributed by atoms with E-state index in [1.165, 1.54) is 148 Å². The fourth-order valence-corrected chi connectivity index (χ4v) is 9.60. The Morgan fingerprint density at radius 2 is 0.750 bits per heavy atom. The summed E-state index contributed by atoms with van der Waals surface area (Å²) in [6.07, 6.45) is 34.6. The molecule has 3 atom stereocenters. The third-order valence-electron chi connectivity index (χ3n) is 14.7. The van der Waals surface area contributed by atoms with Gasteiger partial charge in [-0.25, -0.2) is 0 Å². The SMILES string of the molecule is CCCCCCCCCCOc1ccc(-c2cc(-c3cc(OCC[C@@H](C)CCCC(C)C)c(OCC[C@@H](C)CCCC(C)C)c(OCC[C@@H](C)CCCC(C)C)c3)n[nH]2)cc1OCCCCCCCCCC. The molecule has 0 unspecified atom stereocenters. The third-order valence-corrected chi connectivity index (χ3v) is 14.7. The van der Waals surface area contributed by atoms with Gasteiger partial charge in [0.1, 0.15) is 0 Å². The van der Waals surface area contributed by atoms with Crippen LogP contribution in [0.25, 0.3) is 22.5 Å². The molecule has 0 aliphatic heterocycles. The van der Waals surface area contributed by atoms with Gasteiger partial charge in [-0.1, -0.05) is 224 Å². The number of aromatic nitrogens is 2. The zero-order chi connectivity index (χ0) is 52.2. The summed E-state index contributed by atoms with van der Waals surface area (Å²) < 4.78 is 33.4. The summed E-state index contributed by atoms with van der Waals surface area (Å²) in [6.45, 7) is 28.8. The monoisotopic (exact) mass is 1000 g/mol. The van der Waals surface area contributed by atoms with Crippen LogP contribution in [0.15, 0.2) is 36.4 Å². The Morgan fingerprint density at radius 3 is 1.19 bits per heavy atom. The molecule has 3 aromatic rings. The number of hydrogen-bond donors (Lipinski definition) is 1. The van der Waals surface area contributed by atoms with Crippen LogP contribution in [0.5, 0.6) is 28.7 Å². The van der Waals surface area contributed by atoms with Gasteiger partial charge in [-0.3, -0.25) is 5.10 Å². The Bertz CT molecular complexity index is 1720. The minimum Gasteiger partial charge on any atom is -0.490 e. The summed E-state index contributed by atoms with van der Waals surface area (Å²) in [5.41, 5.74) is 3.74. The maximum Gasteiger partial charge on any atom is 0.203 e. The first-order valence-corrected chi connectivity index (χ1v) is 30.4. The minimum atomic E-state index is 0.584. The molecule has 412 valence electrons. The van der Waals surface area contributed by atoms with E-state index in [4.69, 9.17) is 28.8 Å². The first kappa shape index (κ1) is 62.9. The molecule has 3 rings (SSSR count). The highest BCUT2D eigenvalue weighted by atomic mass is 16.5. The van der Waals surface area contributed by atoms with Crippen molar-refractivity contribution in [1.82, 2.24) is 10.2 Å². The Morgan fingerprint density at radius 1 is 0.361 bits per heavy atom. The molecule has 0 aliphatic carbocycles. The van der Waals surface area contributed by atoms with Crippen molar-refractivity contribution in [2.75, 3.05) is 33.0 Å². The molecule has 0 radical (unpaired) electrons. The molecule has 0 fully saturated rings. The average molecular weight is 1000 g/mol. The Labute approximate surface area is 444 Å². The van der Waals surface area contributed by atoms with Crippen molar-refractivity contribution in [3.05, 3.63) is 36.4 Å². The van der Waals surface area contributed by atoms with Crippen LogP contribution >= 0.6 is 0 Å². The number of benzene rings is 2. The second-order valence-corrected chi connectivity index (χ2v) is 23.5. The van der Waals surface area contributed by atoms with E-state index in [0.717, 1.165) is 101 Å². The van der Waals surface area contributed by atoms with Gasteiger partial charge in [0.05, 0.1) is 44.4 Å². The Hall–Kier alpha value is -3.35. The summed E-state index contributed by atoms with van der Waals surface area (Å²) in [4.78, 5) is 0. The van der Waals surface area contributed by atoms with Crippen LogP contribution in [0.4, 0.5) is 0 Å². The molecule has 1 N–H and O–H groups in total. The standard InChI is InChI=1S/C65H112N2O5/c1-12-14-16-18-20-22-24-26-42-68-61-38-37-57(47-62(61)69-43-27-25-23-21-19-17-15-13-2)59-50-60(67-66-59)58-48-63(70-44-39-54(9)34-28-31-51(3)4)65(72-46-41-56(11)36-30-33-53(7)8)64(49-58)71-45-40-55(10)35-29-32-52(5)6/h37-38,47-56H,12-36,39-46H2,1-11H3,(H,66,67)/t54-,55-,56-/m0/s1. The lowest BCUT2D eigenvalue weighted by Gasteiger charge is -2.21. The molecular formula is C65H112N2O5. The number of H-pyrrole nitrogens is 1. The maximum atomic E-state index is 6.79. The van der Waals surface area contributed by atoms with Crippen molar-refractivity contribution < 1.29 is 23.7 Å². The van der Waals surface area contributed by atoms with Gasteiger partial charge in [0.25, 0.3) is 0 Å². The van der Waals surface area contributed by atoms with E-state index in [2.05, 4.69) is 118 Å². The van der Waals surface area contributed by atoms with Crippen molar-refractivity contribution in [3.63, 3.8) is 0 Å². The summed E-state index contributed by atoms with van der Waals surface area (Å²) in [5, 5.41) is 8.33. The minimum absolute atomic E-state index is 0.584. The molecule has 2 aromatic carbocycles. The van der Waals surface area contributed by atoms with Crippen molar-refractivity contribution in [2.45, 2.75) is 256 Å². The molecule has 0 bridgehead atoms. The van der Waals surface area contributed by atoms with E-state index in [1.807, 2.05) is 0 Å². The maximum absolute atomic E-state index is 6.79. The number of hydrogen-bond acceptors (Lipinski definition) is 6. The van der Waals surface area contributed by atoms with Gasteiger partial charge >= 0.3 is 0 Å². The van der Waals surface area contributed by atoms with Crippen LogP contribution in [0, 0.1) is 35.5 Å². The van der Waals surface area contributed by atoms with Crippen molar-refractivity contribution in [3.8, 4) is 51.3 Å². The lowest BCUT2D eigenvalue weighted by molar-refractivity contribution is 0.216. The van der Waals surface area contributed by atoms with Crippen LogP contribution in [-0.2, 0) is 0 Å². The number of nitrogens with zero attached hydrogens (tertiary/aromatic N) is 1. The second-order valence-electron chi connectivity index (χ2n) is 23.5. The number of unbranched alkanes of at least 4 members (excludes halogenated alkanes) is 14. The molecule has 0 spiro atoms. The Kier molecular flexibility index (Phi) is 34.2. The molecule has 72 heavy (non-hydrogen) atoms. The fraction of sp³-hybridized carbons (Fsp3) is 0.769.